The molecular formula is C18H35N5O3. The smallest absolute Gasteiger partial charge is 0.335 e. The van der Waals surface area contributed by atoms with Gasteiger partial charge in [0, 0.05) is 31.2 Å². The molecule has 0 aromatic heterocycles. The fourth-order valence-electron chi connectivity index (χ4n) is 3.77. The van der Waals surface area contributed by atoms with Gasteiger partial charge < -0.3 is 10.2 Å². The Kier molecular flexibility index (Phi) is 7.04. The molecule has 1 heterocycles. The topological polar surface area (TPSA) is 93.8 Å². The summed E-state index contributed by atoms with van der Waals surface area (Å²) in [5.41, 5.74) is 4.18. The first-order valence-electron chi connectivity index (χ1n) is 9.25. The molecule has 0 saturated carbocycles. The Morgan fingerprint density at radius 2 is 1.65 bits per heavy atom. The predicted molar refractivity (Wildman–Crippen MR) is 101 cm³/mol. The first-order chi connectivity index (χ1) is 11.9. The van der Waals surface area contributed by atoms with Gasteiger partial charge in [-0.3, -0.25) is 19.9 Å². The molecule has 0 radical (unpaired) electrons. The minimum Gasteiger partial charge on any atom is -0.345 e. The highest BCUT2D eigenvalue weighted by Gasteiger charge is 2.51. The van der Waals surface area contributed by atoms with E-state index in [1.165, 1.54) is 4.90 Å². The molecule has 1 fully saturated rings. The Morgan fingerprint density at radius 1 is 1.08 bits per heavy atom. The zero-order chi connectivity index (χ0) is 20.3. The Labute approximate surface area is 157 Å². The van der Waals surface area contributed by atoms with Gasteiger partial charge in [0.05, 0.1) is 0 Å². The van der Waals surface area contributed by atoms with Gasteiger partial charge in [-0.1, -0.05) is 20.8 Å². The number of nitrogens with one attached hydrogen (secondary N) is 3. The van der Waals surface area contributed by atoms with Gasteiger partial charge in [0.2, 0.25) is 0 Å². The van der Waals surface area contributed by atoms with Crippen LogP contribution in [0.1, 0.15) is 53.9 Å². The van der Waals surface area contributed by atoms with Crippen molar-refractivity contribution in [3.05, 3.63) is 0 Å². The summed E-state index contributed by atoms with van der Waals surface area (Å²) in [7, 11) is 5.23. The van der Waals surface area contributed by atoms with E-state index in [2.05, 4.69) is 62.7 Å². The van der Waals surface area contributed by atoms with E-state index in [0.29, 0.717) is 0 Å². The Bertz CT molecular complexity index is 553. The second-order valence-electron chi connectivity index (χ2n) is 7.97. The predicted octanol–water partition coefficient (Wildman–Crippen LogP) is 1.08. The van der Waals surface area contributed by atoms with Crippen molar-refractivity contribution in [3.63, 3.8) is 0 Å². The molecule has 1 rings (SSSR count). The molecule has 26 heavy (non-hydrogen) atoms. The molecule has 0 bridgehead atoms. The molecular weight excluding hydrogens is 334 g/mol. The standard InChI is InChI=1S/C18H35N5O3/c1-9-17(4)11-13(12(3)18(5,10-2)23(17)8)19-14(24)15(25)20-21-16(26)22(6)7/h12-13H,9-11H2,1-8H3,(H,19,24)(H,20,25)(H,21,26). The third kappa shape index (κ3) is 4.28. The number of hydrogen-bond acceptors (Lipinski definition) is 4. The van der Waals surface area contributed by atoms with E-state index in [1.54, 1.807) is 14.1 Å². The summed E-state index contributed by atoms with van der Waals surface area (Å²) in [5, 5.41) is 2.88. The third-order valence-electron chi connectivity index (χ3n) is 6.51. The molecule has 0 aromatic carbocycles. The SMILES string of the molecule is CCC1(C)CC(NC(=O)C(=O)NNC(=O)N(C)C)C(C)C(C)(CC)N1C. The largest absolute Gasteiger partial charge is 0.345 e. The Hall–Kier alpha value is -1.83. The van der Waals surface area contributed by atoms with Crippen molar-refractivity contribution in [2.24, 2.45) is 5.92 Å². The van der Waals surface area contributed by atoms with Gasteiger partial charge in [-0.15, -0.1) is 0 Å². The number of nitrogens with zero attached hydrogens (tertiary/aromatic N) is 2. The normalized spacial score (nSPS) is 31.8. The maximum Gasteiger partial charge on any atom is 0.335 e. The molecule has 3 N–H and O–H groups in total. The molecule has 4 amide bonds. The summed E-state index contributed by atoms with van der Waals surface area (Å²) in [5.74, 6) is -1.43. The Balaban J connectivity index is 2.85. The molecule has 150 valence electrons. The van der Waals surface area contributed by atoms with Crippen molar-refractivity contribution in [1.82, 2.24) is 26.0 Å². The van der Waals surface area contributed by atoms with Crippen LogP contribution in [0.3, 0.4) is 0 Å². The van der Waals surface area contributed by atoms with Gasteiger partial charge in [-0.2, -0.15) is 0 Å². The molecule has 4 unspecified atom stereocenters. The molecule has 8 heteroatoms. The zero-order valence-corrected chi connectivity index (χ0v) is 17.4. The van der Waals surface area contributed by atoms with E-state index in [4.69, 9.17) is 0 Å². The van der Waals surface area contributed by atoms with E-state index in [9.17, 15) is 14.4 Å². The summed E-state index contributed by atoms with van der Waals surface area (Å²) in [6.45, 7) is 10.8. The van der Waals surface area contributed by atoms with Gasteiger partial charge >= 0.3 is 17.8 Å². The molecule has 1 saturated heterocycles. The second-order valence-corrected chi connectivity index (χ2v) is 7.97. The zero-order valence-electron chi connectivity index (χ0n) is 17.4. The van der Waals surface area contributed by atoms with Gasteiger partial charge in [0.15, 0.2) is 0 Å². The summed E-state index contributed by atoms with van der Waals surface area (Å²) in [6, 6.07) is -0.625. The molecule has 1 aliphatic heterocycles. The van der Waals surface area contributed by atoms with Crippen molar-refractivity contribution in [1.29, 1.82) is 0 Å². The first-order valence-corrected chi connectivity index (χ1v) is 9.25. The second kappa shape index (κ2) is 8.24. The van der Waals surface area contributed by atoms with Gasteiger partial charge in [0.1, 0.15) is 0 Å². The highest BCUT2D eigenvalue weighted by molar-refractivity contribution is 6.35. The molecule has 8 nitrogen and oxygen atoms in total. The van der Waals surface area contributed by atoms with Crippen LogP contribution in [-0.2, 0) is 9.59 Å². The number of carbonyl (C=O) groups excluding carboxylic acids is 3. The fraction of sp³-hybridized carbons (Fsp3) is 0.833. The summed E-state index contributed by atoms with van der Waals surface area (Å²) in [4.78, 5) is 39.5. The number of piperidine rings is 1. The number of likely N-dealkylation sites (tertiary alicyclic amines) is 1. The van der Waals surface area contributed by atoms with Crippen LogP contribution in [-0.4, -0.2) is 65.9 Å². The average molecular weight is 370 g/mol. The van der Waals surface area contributed by atoms with Crippen LogP contribution < -0.4 is 16.2 Å². The van der Waals surface area contributed by atoms with Crippen LogP contribution in [0, 0.1) is 5.92 Å². The van der Waals surface area contributed by atoms with Gasteiger partial charge in [-0.25, -0.2) is 10.2 Å². The number of urea groups is 1. The van der Waals surface area contributed by atoms with Crippen LogP contribution in [0.4, 0.5) is 4.79 Å². The highest BCUT2D eigenvalue weighted by Crippen LogP contribution is 2.44. The van der Waals surface area contributed by atoms with Crippen LogP contribution >= 0.6 is 0 Å². The van der Waals surface area contributed by atoms with Crippen molar-refractivity contribution in [2.75, 3.05) is 21.1 Å². The quantitative estimate of drug-likeness (QED) is 0.513. The lowest BCUT2D eigenvalue weighted by atomic mass is 9.67. The van der Waals surface area contributed by atoms with E-state index in [1.807, 2.05) is 0 Å². The van der Waals surface area contributed by atoms with Crippen molar-refractivity contribution >= 4 is 17.8 Å². The maximum atomic E-state index is 12.3. The van der Waals surface area contributed by atoms with E-state index in [-0.39, 0.29) is 23.0 Å². The average Bonchev–Trinajstić information content (AvgIpc) is 2.61. The number of hydrazine groups is 1. The monoisotopic (exact) mass is 369 g/mol. The number of hydrogen-bond donors (Lipinski definition) is 3. The van der Waals surface area contributed by atoms with Crippen LogP contribution in [0.2, 0.25) is 0 Å². The van der Waals surface area contributed by atoms with Gasteiger partial charge in [0.25, 0.3) is 0 Å². The molecule has 0 spiro atoms. The molecule has 0 aromatic rings. The summed E-state index contributed by atoms with van der Waals surface area (Å²) < 4.78 is 0. The van der Waals surface area contributed by atoms with Crippen LogP contribution in [0.25, 0.3) is 0 Å². The maximum absolute atomic E-state index is 12.3. The third-order valence-corrected chi connectivity index (χ3v) is 6.51. The molecule has 4 atom stereocenters. The Morgan fingerprint density at radius 3 is 2.12 bits per heavy atom. The van der Waals surface area contributed by atoms with Crippen LogP contribution in [0.5, 0.6) is 0 Å². The number of carbonyl (C=O) groups is 3. The van der Waals surface area contributed by atoms with Crippen molar-refractivity contribution in [2.45, 2.75) is 71.0 Å². The number of rotatable bonds is 3. The van der Waals surface area contributed by atoms with Crippen LogP contribution in [0.15, 0.2) is 0 Å². The van der Waals surface area contributed by atoms with E-state index < -0.39 is 17.8 Å². The molecule has 1 aliphatic rings. The lowest BCUT2D eigenvalue weighted by Gasteiger charge is -2.59. The lowest BCUT2D eigenvalue weighted by molar-refractivity contribution is -0.142. The van der Waals surface area contributed by atoms with Crippen molar-refractivity contribution in [3.8, 4) is 0 Å². The van der Waals surface area contributed by atoms with E-state index in [0.717, 1.165) is 19.3 Å². The lowest BCUT2D eigenvalue weighted by Crippen LogP contribution is -2.69. The van der Waals surface area contributed by atoms with E-state index >= 15 is 0 Å². The minimum absolute atomic E-state index is 0.0647. The highest BCUT2D eigenvalue weighted by atomic mass is 16.2. The van der Waals surface area contributed by atoms with Gasteiger partial charge in [-0.05, 0) is 46.1 Å². The summed E-state index contributed by atoms with van der Waals surface area (Å²) in [6.07, 6.45) is 2.65. The summed E-state index contributed by atoms with van der Waals surface area (Å²) >= 11 is 0. The fourth-order valence-corrected chi connectivity index (χ4v) is 3.77. The first kappa shape index (κ1) is 22.2. The minimum atomic E-state index is -0.872. The molecule has 0 aliphatic carbocycles. The van der Waals surface area contributed by atoms with Crippen molar-refractivity contribution < 1.29 is 14.4 Å². The number of amides is 4.